The van der Waals surface area contributed by atoms with E-state index in [0.717, 1.165) is 24.3 Å². The van der Waals surface area contributed by atoms with Crippen molar-refractivity contribution in [1.29, 1.82) is 0 Å². The van der Waals surface area contributed by atoms with Crippen molar-refractivity contribution < 1.29 is 47.6 Å². The van der Waals surface area contributed by atoms with E-state index >= 15 is 0 Å². The summed E-state index contributed by atoms with van der Waals surface area (Å²) in [5.74, 6) is -2.78. The Bertz CT molecular complexity index is 1380. The van der Waals surface area contributed by atoms with Crippen molar-refractivity contribution in [2.45, 2.75) is 41.5 Å². The van der Waals surface area contributed by atoms with Crippen molar-refractivity contribution in [2.24, 2.45) is 10.8 Å². The van der Waals surface area contributed by atoms with Crippen LogP contribution in [0, 0.1) is 46.2 Å². The molecule has 0 aliphatic heterocycles. The molecule has 0 atom stereocenters. The number of carbonyl (C=O) groups is 1. The molecule has 0 radical (unpaired) electrons. The van der Waals surface area contributed by atoms with Gasteiger partial charge in [-0.25, -0.2) is 0 Å². The molecule has 0 saturated carbocycles. The number of aromatic nitrogens is 2. The van der Waals surface area contributed by atoms with E-state index in [1.54, 1.807) is 48.8 Å². The van der Waals surface area contributed by atoms with Crippen LogP contribution in [0.2, 0.25) is 0 Å². The van der Waals surface area contributed by atoms with E-state index in [1.165, 1.54) is 6.08 Å². The molecular formula is C33H31F4IrN2O2. The van der Waals surface area contributed by atoms with Crippen LogP contribution in [0.15, 0.2) is 84.9 Å². The summed E-state index contributed by atoms with van der Waals surface area (Å²) in [7, 11) is 0. The van der Waals surface area contributed by atoms with Gasteiger partial charge in [0.15, 0.2) is 5.78 Å². The molecule has 4 nitrogen and oxygen atoms in total. The van der Waals surface area contributed by atoms with E-state index in [4.69, 9.17) is 0 Å². The summed E-state index contributed by atoms with van der Waals surface area (Å²) in [6, 6.07) is 19.1. The number of allylic oxidation sites excluding steroid dienone is 2. The Kier molecular flexibility index (Phi) is 13.9. The molecule has 42 heavy (non-hydrogen) atoms. The van der Waals surface area contributed by atoms with Crippen LogP contribution < -0.4 is 5.11 Å². The molecule has 0 unspecified atom stereocenters. The second kappa shape index (κ2) is 16.1. The summed E-state index contributed by atoms with van der Waals surface area (Å²) >= 11 is 0. The molecule has 0 aliphatic carbocycles. The Morgan fingerprint density at radius 3 is 1.43 bits per heavy atom. The summed E-state index contributed by atoms with van der Waals surface area (Å²) < 4.78 is 51.6. The van der Waals surface area contributed by atoms with Gasteiger partial charge in [0.25, 0.3) is 0 Å². The molecule has 0 aliphatic rings. The SMILES string of the molecule is CC(C)(C)C(=O)/C=C(\[O-])C(C)(C)C.Fc1c[c-]c(-c2ccccn2)c(F)c1.Fc1c[c-]c(-c2ccccn2)c(F)c1.[Ir+3]. The summed E-state index contributed by atoms with van der Waals surface area (Å²) in [4.78, 5) is 19.3. The number of rotatable bonds is 3. The molecule has 222 valence electrons. The standard InChI is InChI=1S/2C11H6F2N.C11H20O2.Ir/c2*12-8-4-5-9(10(13)7-8)11-3-1-2-6-14-11;1-10(2,3)8(12)7-9(13)11(4,5)6;/h2*1-4,6-7H;7,12H,1-6H3;/q2*-1;;+3/p-1/b;;8-7-;. The largest absolute Gasteiger partial charge is 3.00 e. The maximum Gasteiger partial charge on any atom is 3.00 e. The number of ketones is 1. The zero-order valence-corrected chi connectivity index (χ0v) is 26.5. The summed E-state index contributed by atoms with van der Waals surface area (Å²) in [5, 5.41) is 11.4. The van der Waals surface area contributed by atoms with E-state index in [2.05, 4.69) is 22.1 Å². The molecule has 4 rings (SSSR count). The van der Waals surface area contributed by atoms with Crippen molar-refractivity contribution in [3.63, 3.8) is 0 Å². The number of benzene rings is 2. The third-order valence-electron chi connectivity index (χ3n) is 5.30. The zero-order valence-electron chi connectivity index (χ0n) is 24.1. The van der Waals surface area contributed by atoms with Crippen molar-refractivity contribution in [1.82, 2.24) is 9.97 Å². The molecule has 4 aromatic rings. The number of nitrogens with zero attached hydrogens (tertiary/aromatic N) is 2. The second-order valence-electron chi connectivity index (χ2n) is 10.9. The first-order valence-corrected chi connectivity index (χ1v) is 12.6. The quantitative estimate of drug-likeness (QED) is 0.0939. The molecule has 0 amide bonds. The van der Waals surface area contributed by atoms with Crippen LogP contribution in [0.3, 0.4) is 0 Å². The minimum Gasteiger partial charge on any atom is -0.875 e. The summed E-state index contributed by atoms with van der Waals surface area (Å²) in [6.07, 6.45) is 4.32. The molecule has 2 heterocycles. The molecular weight excluding hydrogens is 725 g/mol. The van der Waals surface area contributed by atoms with E-state index in [0.29, 0.717) is 11.4 Å². The predicted molar refractivity (Wildman–Crippen MR) is 149 cm³/mol. The summed E-state index contributed by atoms with van der Waals surface area (Å²) in [6.45, 7) is 10.8. The van der Waals surface area contributed by atoms with Crippen LogP contribution in [-0.2, 0) is 24.9 Å². The monoisotopic (exact) mass is 756 g/mol. The second-order valence-corrected chi connectivity index (χ2v) is 10.9. The van der Waals surface area contributed by atoms with E-state index in [9.17, 15) is 27.5 Å². The van der Waals surface area contributed by atoms with Crippen LogP contribution in [0.1, 0.15) is 41.5 Å². The minimum atomic E-state index is -0.649. The first kappa shape index (κ1) is 36.3. The maximum absolute atomic E-state index is 13.2. The van der Waals surface area contributed by atoms with Crippen molar-refractivity contribution in [3.8, 4) is 22.5 Å². The average molecular weight is 756 g/mol. The first-order valence-electron chi connectivity index (χ1n) is 12.6. The topological polar surface area (TPSA) is 65.9 Å². The molecule has 0 bridgehead atoms. The van der Waals surface area contributed by atoms with Crippen molar-refractivity contribution in [2.75, 3.05) is 0 Å². The van der Waals surface area contributed by atoms with Gasteiger partial charge in [0.2, 0.25) is 0 Å². The molecule has 0 saturated heterocycles. The van der Waals surface area contributed by atoms with E-state index in [1.807, 2.05) is 41.5 Å². The number of pyridine rings is 2. The van der Waals surface area contributed by atoms with Gasteiger partial charge in [-0.15, -0.1) is 30.0 Å². The van der Waals surface area contributed by atoms with Gasteiger partial charge in [0.1, 0.15) is 0 Å². The fourth-order valence-electron chi connectivity index (χ4n) is 2.86. The third-order valence-corrected chi connectivity index (χ3v) is 5.30. The maximum atomic E-state index is 13.2. The zero-order chi connectivity index (χ0) is 30.8. The van der Waals surface area contributed by atoms with Crippen LogP contribution in [-0.4, -0.2) is 15.8 Å². The number of hydrogen-bond donors (Lipinski definition) is 0. The minimum absolute atomic E-state index is 0. The number of halogens is 4. The molecule has 0 fully saturated rings. The number of hydrogen-bond acceptors (Lipinski definition) is 4. The van der Waals surface area contributed by atoms with Gasteiger partial charge < -0.3 is 15.1 Å². The number of carbonyl (C=O) groups excluding carboxylic acids is 1. The fourth-order valence-corrected chi connectivity index (χ4v) is 2.86. The normalized spacial score (nSPS) is 11.2. The van der Waals surface area contributed by atoms with E-state index in [-0.39, 0.29) is 42.8 Å². The van der Waals surface area contributed by atoms with Crippen molar-refractivity contribution >= 4 is 5.78 Å². The fraction of sp³-hybridized carbons (Fsp3) is 0.242. The average Bonchev–Trinajstić information content (AvgIpc) is 2.89. The van der Waals surface area contributed by atoms with Gasteiger partial charge in [-0.1, -0.05) is 89.1 Å². The Labute approximate surface area is 257 Å². The van der Waals surface area contributed by atoms with Gasteiger partial charge in [-0.05, 0) is 35.0 Å². The predicted octanol–water partition coefficient (Wildman–Crippen LogP) is 7.54. The summed E-state index contributed by atoms with van der Waals surface area (Å²) in [5.41, 5.74) is 0.357. The first-order chi connectivity index (χ1) is 19.1. The molecule has 2 aromatic carbocycles. The van der Waals surface area contributed by atoms with Crippen LogP contribution in [0.4, 0.5) is 17.6 Å². The van der Waals surface area contributed by atoms with Gasteiger partial charge in [0.05, 0.1) is 0 Å². The molecule has 9 heteroatoms. The van der Waals surface area contributed by atoms with Crippen LogP contribution in [0.25, 0.3) is 22.5 Å². The smallest absolute Gasteiger partial charge is 0.875 e. The van der Waals surface area contributed by atoms with Gasteiger partial charge in [0, 0.05) is 41.1 Å². The Morgan fingerprint density at radius 2 is 1.14 bits per heavy atom. The van der Waals surface area contributed by atoms with Crippen LogP contribution >= 0.6 is 0 Å². The van der Waals surface area contributed by atoms with Crippen LogP contribution in [0.5, 0.6) is 0 Å². The van der Waals surface area contributed by atoms with Gasteiger partial charge >= 0.3 is 20.1 Å². The van der Waals surface area contributed by atoms with Crippen molar-refractivity contribution in [3.05, 3.63) is 120 Å². The third kappa shape index (κ3) is 11.7. The van der Waals surface area contributed by atoms with Gasteiger partial charge in [-0.3, -0.25) is 22.4 Å². The van der Waals surface area contributed by atoms with E-state index < -0.39 is 34.1 Å². The molecule has 2 aromatic heterocycles. The van der Waals surface area contributed by atoms with Gasteiger partial charge in [-0.2, -0.15) is 0 Å². The Morgan fingerprint density at radius 1 is 0.738 bits per heavy atom. The Hall–Kier alpha value is -3.68. The Balaban J connectivity index is 0.000000312. The molecule has 0 spiro atoms. The molecule has 0 N–H and O–H groups in total.